The Kier molecular flexibility index (Phi) is 4.03. The van der Waals surface area contributed by atoms with Crippen molar-refractivity contribution in [3.05, 3.63) is 12.4 Å². The highest BCUT2D eigenvalue weighted by Crippen LogP contribution is 2.23. The Morgan fingerprint density at radius 3 is 2.71 bits per heavy atom. The van der Waals surface area contributed by atoms with Gasteiger partial charge in [-0.2, -0.15) is 13.9 Å². The highest BCUT2D eigenvalue weighted by molar-refractivity contribution is 5.76. The van der Waals surface area contributed by atoms with E-state index in [1.165, 1.54) is 17.8 Å². The van der Waals surface area contributed by atoms with E-state index in [0.717, 1.165) is 6.20 Å². The predicted molar refractivity (Wildman–Crippen MR) is 54.8 cm³/mol. The summed E-state index contributed by atoms with van der Waals surface area (Å²) >= 11 is 0. The number of alkyl halides is 2. The van der Waals surface area contributed by atoms with Gasteiger partial charge >= 0.3 is 12.1 Å². The number of rotatable bonds is 5. The second kappa shape index (κ2) is 5.11. The summed E-state index contributed by atoms with van der Waals surface area (Å²) in [5, 5.41) is 3.81. The molecule has 0 fully saturated rings. The van der Waals surface area contributed by atoms with E-state index in [2.05, 4.69) is 14.6 Å². The smallest absolute Gasteiger partial charge is 0.459 e. The number of carbonyl (C=O) groups excluding carboxylic acids is 1. The van der Waals surface area contributed by atoms with E-state index in [1.807, 2.05) is 13.8 Å². The number of halogens is 2. The summed E-state index contributed by atoms with van der Waals surface area (Å²) < 4.78 is 36.2. The highest BCUT2D eigenvalue weighted by atomic mass is 19.3. The lowest BCUT2D eigenvalue weighted by Crippen LogP contribution is -2.36. The average Bonchev–Trinajstić information content (AvgIpc) is 2.66. The molecule has 0 radical (unpaired) electrons. The van der Waals surface area contributed by atoms with E-state index < -0.39 is 12.1 Å². The molecule has 0 saturated carbocycles. The first kappa shape index (κ1) is 13.4. The lowest BCUT2D eigenvalue weighted by Gasteiger charge is -2.14. The number of aromatic nitrogens is 2. The molecule has 17 heavy (non-hydrogen) atoms. The first-order valence-corrected chi connectivity index (χ1v) is 5.15. The molecule has 0 aromatic carbocycles. The Labute approximate surface area is 97.3 Å². The molecule has 0 saturated heterocycles. The van der Waals surface area contributed by atoms with Crippen molar-refractivity contribution in [1.82, 2.24) is 9.78 Å². The van der Waals surface area contributed by atoms with Crippen LogP contribution in [-0.4, -0.2) is 28.5 Å². The molecular formula is C10H14F2N2O3. The Hall–Kier alpha value is -1.66. The Bertz CT molecular complexity index is 391. The molecule has 1 heterocycles. The van der Waals surface area contributed by atoms with Gasteiger partial charge in [0.1, 0.15) is 0 Å². The van der Waals surface area contributed by atoms with E-state index >= 15 is 0 Å². The second-order valence-electron chi connectivity index (χ2n) is 3.59. The molecule has 0 N–H and O–H groups in total. The molecule has 0 aliphatic carbocycles. The third-order valence-corrected chi connectivity index (χ3v) is 1.87. The van der Waals surface area contributed by atoms with Crippen molar-refractivity contribution in [3.63, 3.8) is 0 Å². The van der Waals surface area contributed by atoms with Crippen molar-refractivity contribution in [3.8, 4) is 5.75 Å². The van der Waals surface area contributed by atoms with Crippen LogP contribution in [0.2, 0.25) is 0 Å². The van der Waals surface area contributed by atoms with Gasteiger partial charge in [-0.15, -0.1) is 0 Å². The fourth-order valence-electron chi connectivity index (χ4n) is 1.06. The summed E-state index contributed by atoms with van der Waals surface area (Å²) in [6.45, 7) is 4.97. The van der Waals surface area contributed by atoms with Crippen LogP contribution in [0.4, 0.5) is 8.78 Å². The van der Waals surface area contributed by atoms with Crippen molar-refractivity contribution in [2.45, 2.75) is 32.9 Å². The number of carbonyl (C=O) groups is 1. The van der Waals surface area contributed by atoms with Crippen molar-refractivity contribution in [1.29, 1.82) is 0 Å². The zero-order chi connectivity index (χ0) is 13.1. The summed E-state index contributed by atoms with van der Waals surface area (Å²) in [5.74, 6) is -1.89. The van der Waals surface area contributed by atoms with Crippen LogP contribution in [0, 0.1) is 0 Å². The third kappa shape index (κ3) is 3.40. The molecule has 7 heteroatoms. The number of hydrogen-bond acceptors (Lipinski definition) is 4. The molecule has 5 nitrogen and oxygen atoms in total. The number of ether oxygens (including phenoxy) is 2. The van der Waals surface area contributed by atoms with Gasteiger partial charge in [0.05, 0.1) is 19.0 Å². The fourth-order valence-corrected chi connectivity index (χ4v) is 1.06. The van der Waals surface area contributed by atoms with Gasteiger partial charge in [-0.05, 0) is 20.8 Å². The Morgan fingerprint density at radius 2 is 2.24 bits per heavy atom. The van der Waals surface area contributed by atoms with Gasteiger partial charge in [-0.3, -0.25) is 4.68 Å². The highest BCUT2D eigenvalue weighted by Gasteiger charge is 2.44. The van der Waals surface area contributed by atoms with Crippen LogP contribution in [0.3, 0.4) is 0 Å². The van der Waals surface area contributed by atoms with Gasteiger partial charge in [0, 0.05) is 6.04 Å². The van der Waals surface area contributed by atoms with E-state index in [1.54, 1.807) is 0 Å². The summed E-state index contributed by atoms with van der Waals surface area (Å²) in [6, 6.07) is 0.0172. The zero-order valence-electron chi connectivity index (χ0n) is 9.81. The molecule has 1 aromatic heterocycles. The summed E-state index contributed by atoms with van der Waals surface area (Å²) in [7, 11) is 0. The van der Waals surface area contributed by atoms with Crippen LogP contribution in [0.15, 0.2) is 12.4 Å². The lowest BCUT2D eigenvalue weighted by atomic mass is 10.4. The largest absolute Gasteiger partial charge is 0.502 e. The van der Waals surface area contributed by atoms with Crippen molar-refractivity contribution < 1.29 is 23.0 Å². The minimum absolute atomic E-state index is 0.0172. The second-order valence-corrected chi connectivity index (χ2v) is 3.59. The first-order chi connectivity index (χ1) is 7.86. The normalized spacial score (nSPS) is 11.6. The van der Waals surface area contributed by atoms with Gasteiger partial charge in [0.25, 0.3) is 0 Å². The maximum Gasteiger partial charge on any atom is 0.502 e. The van der Waals surface area contributed by atoms with E-state index in [4.69, 9.17) is 0 Å². The maximum absolute atomic E-state index is 13.2. The zero-order valence-corrected chi connectivity index (χ0v) is 9.81. The number of esters is 1. The van der Waals surface area contributed by atoms with Crippen LogP contribution < -0.4 is 4.74 Å². The minimum Gasteiger partial charge on any atom is -0.459 e. The Morgan fingerprint density at radius 1 is 1.59 bits per heavy atom. The standard InChI is InChI=1S/C10H14F2N2O3/c1-4-16-9(15)10(11,12)17-8-5-13-14(6-8)7(2)3/h5-7H,4H2,1-3H3. The molecule has 0 bridgehead atoms. The minimum atomic E-state index is -4.00. The molecular weight excluding hydrogens is 234 g/mol. The summed E-state index contributed by atoms with van der Waals surface area (Å²) in [4.78, 5) is 10.9. The van der Waals surface area contributed by atoms with Crippen LogP contribution in [-0.2, 0) is 9.53 Å². The van der Waals surface area contributed by atoms with E-state index in [0.29, 0.717) is 0 Å². The molecule has 0 unspecified atom stereocenters. The first-order valence-electron chi connectivity index (χ1n) is 5.15. The van der Waals surface area contributed by atoms with Crippen LogP contribution in [0.1, 0.15) is 26.8 Å². The maximum atomic E-state index is 13.2. The molecule has 0 aliphatic rings. The number of hydrogen-bond donors (Lipinski definition) is 0. The lowest BCUT2D eigenvalue weighted by molar-refractivity contribution is -0.216. The molecule has 0 amide bonds. The topological polar surface area (TPSA) is 53.4 Å². The molecule has 96 valence electrons. The van der Waals surface area contributed by atoms with E-state index in [9.17, 15) is 13.6 Å². The van der Waals surface area contributed by atoms with Crippen molar-refractivity contribution >= 4 is 5.97 Å². The van der Waals surface area contributed by atoms with Gasteiger partial charge in [0.2, 0.25) is 0 Å². The summed E-state index contributed by atoms with van der Waals surface area (Å²) in [6.07, 6.45) is -1.59. The monoisotopic (exact) mass is 248 g/mol. The molecule has 1 aromatic rings. The third-order valence-electron chi connectivity index (χ3n) is 1.87. The fraction of sp³-hybridized carbons (Fsp3) is 0.600. The average molecular weight is 248 g/mol. The SMILES string of the molecule is CCOC(=O)C(F)(F)Oc1cnn(C(C)C)c1. The summed E-state index contributed by atoms with van der Waals surface area (Å²) in [5.41, 5.74) is 0. The van der Waals surface area contributed by atoms with Gasteiger partial charge < -0.3 is 9.47 Å². The van der Waals surface area contributed by atoms with Crippen molar-refractivity contribution in [2.24, 2.45) is 0 Å². The van der Waals surface area contributed by atoms with Gasteiger partial charge in [0.15, 0.2) is 5.75 Å². The number of nitrogens with zero attached hydrogens (tertiary/aromatic N) is 2. The molecule has 0 spiro atoms. The molecule has 0 aliphatic heterocycles. The van der Waals surface area contributed by atoms with Gasteiger partial charge in [-0.25, -0.2) is 4.79 Å². The van der Waals surface area contributed by atoms with E-state index in [-0.39, 0.29) is 18.4 Å². The quantitative estimate of drug-likeness (QED) is 0.748. The van der Waals surface area contributed by atoms with Crippen molar-refractivity contribution in [2.75, 3.05) is 6.61 Å². The predicted octanol–water partition coefficient (Wildman–Crippen LogP) is 2.00. The van der Waals surface area contributed by atoms with Crippen LogP contribution in [0.25, 0.3) is 0 Å². The Balaban J connectivity index is 2.72. The van der Waals surface area contributed by atoms with Crippen LogP contribution in [0.5, 0.6) is 5.75 Å². The molecule has 1 rings (SSSR count). The molecule has 0 atom stereocenters. The van der Waals surface area contributed by atoms with Gasteiger partial charge in [-0.1, -0.05) is 0 Å². The van der Waals surface area contributed by atoms with Crippen LogP contribution >= 0.6 is 0 Å².